The van der Waals surface area contributed by atoms with Gasteiger partial charge in [0.05, 0.1) is 5.54 Å². The smallest absolute Gasteiger partial charge is 0.227 e. The Balaban J connectivity index is 2.66. The van der Waals surface area contributed by atoms with Crippen molar-refractivity contribution >= 4 is 15.8 Å². The number of nitrogens with zero attached hydrogens (tertiary/aromatic N) is 1. The summed E-state index contributed by atoms with van der Waals surface area (Å²) in [5, 5.41) is 0. The second-order valence-corrected chi connectivity index (χ2v) is 7.21. The Morgan fingerprint density at radius 3 is 2.36 bits per heavy atom. The lowest BCUT2D eigenvalue weighted by Gasteiger charge is -2.22. The van der Waals surface area contributed by atoms with Crippen LogP contribution < -0.4 is 0 Å². The molecule has 1 atom stereocenters. The minimum Gasteiger partial charge on any atom is -0.296 e. The average molecular weight is 217 g/mol. The number of carbonyl (C=O) groups is 1. The topological polar surface area (TPSA) is 54.5 Å². The minimum atomic E-state index is -3.43. The van der Waals surface area contributed by atoms with Gasteiger partial charge >= 0.3 is 0 Å². The van der Waals surface area contributed by atoms with Crippen LogP contribution >= 0.6 is 0 Å². The molecule has 0 bridgehead atoms. The number of fused-ring (bicyclic) bond motifs is 1. The molecule has 2 aliphatic rings. The van der Waals surface area contributed by atoms with Gasteiger partial charge in [-0.25, -0.2) is 8.42 Å². The van der Waals surface area contributed by atoms with Crippen molar-refractivity contribution in [1.82, 2.24) is 4.31 Å². The molecule has 0 spiro atoms. The molecule has 80 valence electrons. The number of rotatable bonds is 0. The van der Waals surface area contributed by atoms with Crippen molar-refractivity contribution in [2.24, 2.45) is 0 Å². The van der Waals surface area contributed by atoms with E-state index in [2.05, 4.69) is 0 Å². The minimum absolute atomic E-state index is 0.150. The second kappa shape index (κ2) is 2.39. The molecule has 2 fully saturated rings. The van der Waals surface area contributed by atoms with Gasteiger partial charge in [-0.15, -0.1) is 0 Å². The van der Waals surface area contributed by atoms with Gasteiger partial charge < -0.3 is 0 Å². The third kappa shape index (κ3) is 0.827. The Labute approximate surface area is 84.3 Å². The van der Waals surface area contributed by atoms with E-state index < -0.39 is 20.3 Å². The number of sulfonamides is 1. The highest BCUT2D eigenvalue weighted by Gasteiger charge is 2.65. The summed E-state index contributed by atoms with van der Waals surface area (Å²) in [5.74, 6) is -0.150. The van der Waals surface area contributed by atoms with Crippen LogP contribution in [0.1, 0.15) is 33.6 Å². The fraction of sp³-hybridized carbons (Fsp3) is 0.889. The molecular formula is C9H15NO3S. The molecule has 0 aromatic heterocycles. The highest BCUT2D eigenvalue weighted by molar-refractivity contribution is 7.92. The van der Waals surface area contributed by atoms with Gasteiger partial charge in [0.2, 0.25) is 10.0 Å². The summed E-state index contributed by atoms with van der Waals surface area (Å²) in [6.07, 6.45) is 1.45. The maximum absolute atomic E-state index is 12.0. The summed E-state index contributed by atoms with van der Waals surface area (Å²) >= 11 is 0. The Hall–Kier alpha value is -0.420. The van der Waals surface area contributed by atoms with Crippen LogP contribution in [0, 0.1) is 0 Å². The van der Waals surface area contributed by atoms with Gasteiger partial charge in [0.25, 0.3) is 0 Å². The van der Waals surface area contributed by atoms with Gasteiger partial charge in [-0.3, -0.25) is 4.79 Å². The van der Waals surface area contributed by atoms with Gasteiger partial charge in [0.1, 0.15) is 4.75 Å². The first-order valence-electron chi connectivity index (χ1n) is 4.82. The Kier molecular flexibility index (Phi) is 1.72. The van der Waals surface area contributed by atoms with Gasteiger partial charge in [0, 0.05) is 6.54 Å². The molecule has 2 rings (SSSR count). The number of Topliss-reactive ketones (excluding diaryl/α,β-unsaturated/α-hetero) is 1. The number of hydrogen-bond acceptors (Lipinski definition) is 3. The van der Waals surface area contributed by atoms with Crippen LogP contribution in [0.5, 0.6) is 0 Å². The molecule has 0 radical (unpaired) electrons. The predicted molar refractivity (Wildman–Crippen MR) is 52.4 cm³/mol. The molecule has 2 heterocycles. The monoisotopic (exact) mass is 217 g/mol. The van der Waals surface area contributed by atoms with Crippen molar-refractivity contribution in [1.29, 1.82) is 0 Å². The molecule has 0 aromatic rings. The van der Waals surface area contributed by atoms with Crippen molar-refractivity contribution in [2.75, 3.05) is 6.54 Å². The zero-order chi connectivity index (χ0) is 10.8. The summed E-state index contributed by atoms with van der Waals surface area (Å²) in [6, 6.07) is 0. The molecule has 14 heavy (non-hydrogen) atoms. The largest absolute Gasteiger partial charge is 0.296 e. The number of ketones is 1. The quantitative estimate of drug-likeness (QED) is 0.595. The molecule has 0 aromatic carbocycles. The van der Waals surface area contributed by atoms with Crippen LogP contribution in [0.25, 0.3) is 0 Å². The van der Waals surface area contributed by atoms with E-state index in [1.165, 1.54) is 18.2 Å². The van der Waals surface area contributed by atoms with Crippen molar-refractivity contribution < 1.29 is 13.2 Å². The molecule has 4 nitrogen and oxygen atoms in total. The molecule has 0 amide bonds. The van der Waals surface area contributed by atoms with Crippen molar-refractivity contribution in [3.63, 3.8) is 0 Å². The normalized spacial score (nSPS) is 40.1. The van der Waals surface area contributed by atoms with Crippen LogP contribution in [0.15, 0.2) is 0 Å². The zero-order valence-corrected chi connectivity index (χ0v) is 9.52. The maximum atomic E-state index is 12.0. The van der Waals surface area contributed by atoms with Crippen molar-refractivity contribution in [3.05, 3.63) is 0 Å². The summed E-state index contributed by atoms with van der Waals surface area (Å²) in [5.41, 5.74) is -0.762. The molecule has 0 saturated carbocycles. The maximum Gasteiger partial charge on any atom is 0.227 e. The average Bonchev–Trinajstić information content (AvgIpc) is 2.50. The molecular weight excluding hydrogens is 202 g/mol. The van der Waals surface area contributed by atoms with E-state index in [0.717, 1.165) is 6.42 Å². The van der Waals surface area contributed by atoms with Crippen LogP contribution in [-0.4, -0.2) is 35.3 Å². The molecule has 1 unspecified atom stereocenters. The van der Waals surface area contributed by atoms with E-state index in [1.807, 2.05) is 0 Å². The SMILES string of the molecule is CC12CCCN1S(=O)(=O)C(C)(C)C2=O. The lowest BCUT2D eigenvalue weighted by molar-refractivity contribution is -0.126. The first kappa shape index (κ1) is 10.1. The van der Waals surface area contributed by atoms with Crippen molar-refractivity contribution in [2.45, 2.75) is 43.9 Å². The number of carbonyl (C=O) groups excluding carboxylic acids is 1. The van der Waals surface area contributed by atoms with E-state index in [1.54, 1.807) is 6.92 Å². The van der Waals surface area contributed by atoms with Gasteiger partial charge in [-0.1, -0.05) is 0 Å². The molecule has 0 aliphatic carbocycles. The Morgan fingerprint density at radius 1 is 1.29 bits per heavy atom. The van der Waals surface area contributed by atoms with E-state index >= 15 is 0 Å². The fourth-order valence-electron chi connectivity index (χ4n) is 2.59. The van der Waals surface area contributed by atoms with Crippen LogP contribution in [0.2, 0.25) is 0 Å². The molecule has 2 saturated heterocycles. The molecule has 2 aliphatic heterocycles. The highest BCUT2D eigenvalue weighted by Crippen LogP contribution is 2.46. The van der Waals surface area contributed by atoms with Gasteiger partial charge in [-0.05, 0) is 33.6 Å². The molecule has 5 heteroatoms. The Bertz CT molecular complexity index is 398. The lowest BCUT2D eigenvalue weighted by Crippen LogP contribution is -2.42. The summed E-state index contributed by atoms with van der Waals surface area (Å²) in [7, 11) is -3.43. The summed E-state index contributed by atoms with van der Waals surface area (Å²) in [6.45, 7) is 5.26. The van der Waals surface area contributed by atoms with Crippen LogP contribution in [0.4, 0.5) is 0 Å². The van der Waals surface area contributed by atoms with E-state index in [0.29, 0.717) is 13.0 Å². The standard InChI is InChI=1S/C9H15NO3S/c1-8(2)7(11)9(3)5-4-6-10(9)14(8,12)13/h4-6H2,1-3H3. The van der Waals surface area contributed by atoms with Gasteiger partial charge in [-0.2, -0.15) is 4.31 Å². The Morgan fingerprint density at radius 2 is 1.86 bits per heavy atom. The van der Waals surface area contributed by atoms with Crippen molar-refractivity contribution in [3.8, 4) is 0 Å². The molecule has 0 N–H and O–H groups in total. The van der Waals surface area contributed by atoms with E-state index in [4.69, 9.17) is 0 Å². The third-order valence-electron chi connectivity index (χ3n) is 3.55. The second-order valence-electron chi connectivity index (χ2n) is 4.79. The first-order chi connectivity index (χ1) is 6.24. The summed E-state index contributed by atoms with van der Waals surface area (Å²) in [4.78, 5) is 12.0. The van der Waals surface area contributed by atoms with E-state index in [9.17, 15) is 13.2 Å². The van der Waals surface area contributed by atoms with Crippen LogP contribution in [-0.2, 0) is 14.8 Å². The van der Waals surface area contributed by atoms with E-state index in [-0.39, 0.29) is 5.78 Å². The lowest BCUT2D eigenvalue weighted by atomic mass is 9.88. The zero-order valence-electron chi connectivity index (χ0n) is 8.70. The van der Waals surface area contributed by atoms with Gasteiger partial charge in [0.15, 0.2) is 5.78 Å². The predicted octanol–water partition coefficient (Wildman–Crippen LogP) is 0.532. The highest BCUT2D eigenvalue weighted by atomic mass is 32.2. The third-order valence-corrected chi connectivity index (χ3v) is 6.19. The fourth-order valence-corrected chi connectivity index (χ4v) is 4.67. The number of hydrogen-bond donors (Lipinski definition) is 0. The summed E-state index contributed by atoms with van der Waals surface area (Å²) < 4.78 is 24.2. The first-order valence-corrected chi connectivity index (χ1v) is 6.26. The van der Waals surface area contributed by atoms with Crippen LogP contribution in [0.3, 0.4) is 0 Å².